The molecule has 0 amide bonds. The summed E-state index contributed by atoms with van der Waals surface area (Å²) in [5.41, 5.74) is 1.43. The summed E-state index contributed by atoms with van der Waals surface area (Å²) in [7, 11) is 4.55. The average Bonchev–Trinajstić information content (AvgIpc) is 2.18. The number of benzene rings is 1. The number of quaternary nitrogens is 1. The Morgan fingerprint density at radius 2 is 1.69 bits per heavy atom. The maximum atomic E-state index is 2.29. The molecule has 1 heteroatoms. The highest BCUT2D eigenvalue weighted by atomic mass is 15.3. The van der Waals surface area contributed by atoms with Gasteiger partial charge in [0.05, 0.1) is 20.6 Å². The minimum atomic E-state index is 0.575. The van der Waals surface area contributed by atoms with E-state index in [2.05, 4.69) is 58.3 Å². The largest absolute Gasteiger partial charge is 0.323 e. The second-order valence-corrected chi connectivity index (χ2v) is 4.18. The zero-order valence-electron chi connectivity index (χ0n) is 9.12. The lowest BCUT2D eigenvalue weighted by Crippen LogP contribution is -2.41. The highest BCUT2D eigenvalue weighted by Crippen LogP contribution is 2.23. The lowest BCUT2D eigenvalue weighted by Gasteiger charge is -2.35. The van der Waals surface area contributed by atoms with Gasteiger partial charge in [-0.05, 0) is 13.8 Å². The van der Waals surface area contributed by atoms with Crippen molar-refractivity contribution in [2.45, 2.75) is 19.9 Å². The third-order valence-electron chi connectivity index (χ3n) is 3.15. The normalized spacial score (nSPS) is 14.2. The van der Waals surface area contributed by atoms with Gasteiger partial charge in [-0.15, -0.1) is 0 Å². The Hall–Kier alpha value is -0.820. The van der Waals surface area contributed by atoms with Crippen molar-refractivity contribution in [1.29, 1.82) is 0 Å². The number of hydrogen-bond acceptors (Lipinski definition) is 0. The molecule has 0 aliphatic rings. The Bertz CT molecular complexity index is 251. The van der Waals surface area contributed by atoms with Gasteiger partial charge in [-0.25, -0.2) is 0 Å². The van der Waals surface area contributed by atoms with Crippen molar-refractivity contribution in [2.75, 3.05) is 20.6 Å². The van der Waals surface area contributed by atoms with Crippen LogP contribution in [-0.4, -0.2) is 25.1 Å². The molecule has 1 nitrogen and oxygen atoms in total. The first kappa shape index (κ1) is 10.3. The number of rotatable bonds is 3. The molecule has 0 aromatic heterocycles. The molecule has 13 heavy (non-hydrogen) atoms. The standard InChI is InChI=1S/C12H20N/c1-5-13(3,4)11(2)12-9-7-6-8-10-12/h6-11H,5H2,1-4H3/q+1/t11-/m0/s1. The van der Waals surface area contributed by atoms with Gasteiger partial charge in [0.25, 0.3) is 0 Å². The highest BCUT2D eigenvalue weighted by Gasteiger charge is 2.22. The SMILES string of the molecule is CC[N+](C)(C)[C@@H](C)c1ccccc1. The quantitative estimate of drug-likeness (QED) is 0.624. The second kappa shape index (κ2) is 3.93. The summed E-state index contributed by atoms with van der Waals surface area (Å²) in [4.78, 5) is 0. The molecule has 0 heterocycles. The van der Waals surface area contributed by atoms with Crippen LogP contribution in [0.15, 0.2) is 30.3 Å². The molecule has 0 aliphatic heterocycles. The van der Waals surface area contributed by atoms with E-state index in [0.29, 0.717) is 6.04 Å². The molecule has 0 N–H and O–H groups in total. The molecule has 0 unspecified atom stereocenters. The Kier molecular flexibility index (Phi) is 3.10. The number of nitrogens with zero attached hydrogens (tertiary/aromatic N) is 1. The van der Waals surface area contributed by atoms with Gasteiger partial charge in [-0.1, -0.05) is 30.3 Å². The van der Waals surface area contributed by atoms with Crippen molar-refractivity contribution in [1.82, 2.24) is 0 Å². The van der Waals surface area contributed by atoms with Crippen LogP contribution in [0.1, 0.15) is 25.5 Å². The van der Waals surface area contributed by atoms with E-state index >= 15 is 0 Å². The first-order valence-electron chi connectivity index (χ1n) is 4.95. The summed E-state index contributed by atoms with van der Waals surface area (Å²) in [6.45, 7) is 5.69. The topological polar surface area (TPSA) is 0 Å². The lowest BCUT2D eigenvalue weighted by atomic mass is 10.1. The van der Waals surface area contributed by atoms with Gasteiger partial charge in [0.2, 0.25) is 0 Å². The van der Waals surface area contributed by atoms with E-state index in [9.17, 15) is 0 Å². The first-order valence-corrected chi connectivity index (χ1v) is 4.95. The molecule has 0 saturated heterocycles. The van der Waals surface area contributed by atoms with E-state index in [1.54, 1.807) is 0 Å². The lowest BCUT2D eigenvalue weighted by molar-refractivity contribution is -0.917. The fourth-order valence-electron chi connectivity index (χ4n) is 1.41. The molecule has 1 atom stereocenters. The molecule has 0 aliphatic carbocycles. The van der Waals surface area contributed by atoms with Gasteiger partial charge in [-0.2, -0.15) is 0 Å². The molecular weight excluding hydrogens is 158 g/mol. The van der Waals surface area contributed by atoms with E-state index < -0.39 is 0 Å². The Labute approximate surface area is 81.6 Å². The van der Waals surface area contributed by atoms with Crippen LogP contribution >= 0.6 is 0 Å². The van der Waals surface area contributed by atoms with E-state index in [0.717, 1.165) is 11.0 Å². The van der Waals surface area contributed by atoms with Gasteiger partial charge in [-0.3, -0.25) is 0 Å². The monoisotopic (exact) mass is 178 g/mol. The summed E-state index contributed by atoms with van der Waals surface area (Å²) in [6, 6.07) is 11.3. The third kappa shape index (κ3) is 2.31. The van der Waals surface area contributed by atoms with E-state index in [1.165, 1.54) is 5.56 Å². The smallest absolute Gasteiger partial charge is 0.111 e. The van der Waals surface area contributed by atoms with Gasteiger partial charge < -0.3 is 4.48 Å². The summed E-state index contributed by atoms with van der Waals surface area (Å²) < 4.78 is 1.05. The molecule has 0 radical (unpaired) electrons. The maximum absolute atomic E-state index is 2.29. The molecule has 1 aromatic carbocycles. The van der Waals surface area contributed by atoms with E-state index in [-0.39, 0.29) is 0 Å². The maximum Gasteiger partial charge on any atom is 0.111 e. The Morgan fingerprint density at radius 1 is 1.15 bits per heavy atom. The first-order chi connectivity index (χ1) is 6.08. The van der Waals surface area contributed by atoms with Crippen molar-refractivity contribution >= 4 is 0 Å². The zero-order valence-corrected chi connectivity index (χ0v) is 9.12. The minimum absolute atomic E-state index is 0.575. The molecule has 0 spiro atoms. The van der Waals surface area contributed by atoms with Crippen LogP contribution in [0.3, 0.4) is 0 Å². The van der Waals surface area contributed by atoms with Crippen molar-refractivity contribution in [3.05, 3.63) is 35.9 Å². The molecule has 72 valence electrons. The van der Waals surface area contributed by atoms with Crippen molar-refractivity contribution < 1.29 is 4.48 Å². The highest BCUT2D eigenvalue weighted by molar-refractivity contribution is 5.16. The van der Waals surface area contributed by atoms with Crippen molar-refractivity contribution in [3.8, 4) is 0 Å². The molecule has 1 aromatic rings. The summed E-state index contributed by atoms with van der Waals surface area (Å²) in [6.07, 6.45) is 0. The molecule has 0 saturated carbocycles. The van der Waals surface area contributed by atoms with Crippen LogP contribution in [0.5, 0.6) is 0 Å². The van der Waals surface area contributed by atoms with Gasteiger partial charge in [0.15, 0.2) is 0 Å². The van der Waals surface area contributed by atoms with E-state index in [1.807, 2.05) is 0 Å². The fourth-order valence-corrected chi connectivity index (χ4v) is 1.41. The van der Waals surface area contributed by atoms with Crippen LogP contribution in [0, 0.1) is 0 Å². The zero-order chi connectivity index (χ0) is 9.90. The minimum Gasteiger partial charge on any atom is -0.323 e. The van der Waals surface area contributed by atoms with Crippen LogP contribution < -0.4 is 0 Å². The summed E-state index contributed by atoms with van der Waals surface area (Å²) >= 11 is 0. The molecule has 0 fully saturated rings. The Morgan fingerprint density at radius 3 is 2.15 bits per heavy atom. The molecule has 0 bridgehead atoms. The van der Waals surface area contributed by atoms with Gasteiger partial charge in [0.1, 0.15) is 6.04 Å². The summed E-state index contributed by atoms with van der Waals surface area (Å²) in [5, 5.41) is 0. The van der Waals surface area contributed by atoms with Crippen LogP contribution in [0.2, 0.25) is 0 Å². The van der Waals surface area contributed by atoms with E-state index in [4.69, 9.17) is 0 Å². The number of hydrogen-bond donors (Lipinski definition) is 0. The van der Waals surface area contributed by atoms with Gasteiger partial charge >= 0.3 is 0 Å². The second-order valence-electron chi connectivity index (χ2n) is 4.18. The fraction of sp³-hybridized carbons (Fsp3) is 0.500. The van der Waals surface area contributed by atoms with Crippen LogP contribution in [0.4, 0.5) is 0 Å². The average molecular weight is 178 g/mol. The van der Waals surface area contributed by atoms with Crippen molar-refractivity contribution in [3.63, 3.8) is 0 Å². The van der Waals surface area contributed by atoms with Gasteiger partial charge in [0, 0.05) is 5.56 Å². The predicted octanol–water partition coefficient (Wildman–Crippen LogP) is 2.84. The Balaban J connectivity index is 2.85. The summed E-state index contributed by atoms with van der Waals surface area (Å²) in [5.74, 6) is 0. The predicted molar refractivity (Wildman–Crippen MR) is 57.5 cm³/mol. The van der Waals surface area contributed by atoms with Crippen LogP contribution in [0.25, 0.3) is 0 Å². The van der Waals surface area contributed by atoms with Crippen LogP contribution in [-0.2, 0) is 0 Å². The third-order valence-corrected chi connectivity index (χ3v) is 3.15. The van der Waals surface area contributed by atoms with Crippen molar-refractivity contribution in [2.24, 2.45) is 0 Å². The molecule has 1 rings (SSSR count). The molecular formula is C12H20N+.